The van der Waals surface area contributed by atoms with Gasteiger partial charge in [-0.05, 0) is 17.7 Å². The molecule has 120 valence electrons. The number of hydrogen-bond donors (Lipinski definition) is 3. The summed E-state index contributed by atoms with van der Waals surface area (Å²) in [7, 11) is 1.81. The summed E-state index contributed by atoms with van der Waals surface area (Å²) in [6.45, 7) is 4.82. The van der Waals surface area contributed by atoms with Crippen molar-refractivity contribution in [1.29, 1.82) is 5.41 Å². The lowest BCUT2D eigenvalue weighted by Crippen LogP contribution is -2.25. The molecule has 0 aliphatic rings. The van der Waals surface area contributed by atoms with Gasteiger partial charge in [-0.25, -0.2) is 9.97 Å². The topological polar surface area (TPSA) is 134 Å². The van der Waals surface area contributed by atoms with E-state index in [9.17, 15) is 4.79 Å². The molecule has 1 aromatic rings. The van der Waals surface area contributed by atoms with Crippen molar-refractivity contribution in [3.8, 4) is 0 Å². The van der Waals surface area contributed by atoms with Gasteiger partial charge in [0.05, 0.1) is 5.55 Å². The number of rotatable bonds is 5. The van der Waals surface area contributed by atoms with Gasteiger partial charge in [0.25, 0.3) is 0 Å². The van der Waals surface area contributed by atoms with Gasteiger partial charge in [0.1, 0.15) is 0 Å². The van der Waals surface area contributed by atoms with Crippen LogP contribution in [0.2, 0.25) is 5.15 Å². The summed E-state index contributed by atoms with van der Waals surface area (Å²) in [5.41, 5.74) is 12.0. The second kappa shape index (κ2) is 7.95. The molecule has 0 bridgehead atoms. The van der Waals surface area contributed by atoms with Crippen molar-refractivity contribution < 1.29 is 4.79 Å². The number of hydrogen-bond acceptors (Lipinski definition) is 7. The van der Waals surface area contributed by atoms with Crippen LogP contribution in [0.15, 0.2) is 4.99 Å². The summed E-state index contributed by atoms with van der Waals surface area (Å²) >= 11 is 6.87. The van der Waals surface area contributed by atoms with Gasteiger partial charge in [-0.15, -0.1) is 0 Å². The van der Waals surface area contributed by atoms with Crippen molar-refractivity contribution in [2.45, 2.75) is 13.8 Å². The lowest BCUT2D eigenvalue weighted by atomic mass is 10.2. The average molecular weight is 344 g/mol. The third-order valence-electron chi connectivity index (χ3n) is 2.46. The molecule has 0 unspecified atom stereocenters. The van der Waals surface area contributed by atoms with Crippen LogP contribution >= 0.6 is 23.4 Å². The molecule has 1 amide bonds. The Morgan fingerprint density at radius 2 is 2.18 bits per heavy atom. The third kappa shape index (κ3) is 4.85. The SMILES string of the molecule is CC(C)CN(C)c1nc(N)c(C(=O)N=C(N)SC=N)nc1Cl. The number of thioether (sulfide) groups is 1. The highest BCUT2D eigenvalue weighted by Crippen LogP contribution is 2.24. The third-order valence-corrected chi connectivity index (χ3v) is 3.16. The van der Waals surface area contributed by atoms with Crippen LogP contribution in [0, 0.1) is 11.3 Å². The zero-order valence-corrected chi connectivity index (χ0v) is 14.1. The van der Waals surface area contributed by atoms with Gasteiger partial charge >= 0.3 is 5.91 Å². The van der Waals surface area contributed by atoms with Crippen LogP contribution < -0.4 is 16.4 Å². The second-order valence-corrected chi connectivity index (χ2v) is 6.08. The molecule has 0 aliphatic heterocycles. The molecule has 0 saturated carbocycles. The van der Waals surface area contributed by atoms with Gasteiger partial charge in [0.2, 0.25) is 0 Å². The number of halogens is 1. The number of amides is 1. The van der Waals surface area contributed by atoms with Crippen molar-refractivity contribution >= 4 is 51.6 Å². The van der Waals surface area contributed by atoms with Gasteiger partial charge in [0.15, 0.2) is 27.7 Å². The van der Waals surface area contributed by atoms with Crippen LogP contribution in [-0.4, -0.2) is 40.2 Å². The van der Waals surface area contributed by atoms with Crippen LogP contribution in [0.25, 0.3) is 0 Å². The highest BCUT2D eigenvalue weighted by atomic mass is 35.5. The monoisotopic (exact) mass is 343 g/mol. The number of amidine groups is 1. The summed E-state index contributed by atoms with van der Waals surface area (Å²) in [6, 6.07) is 0. The number of carbonyl (C=O) groups is 1. The van der Waals surface area contributed by atoms with E-state index in [2.05, 4.69) is 28.8 Å². The molecular formula is C12H18ClN7OS. The first-order valence-corrected chi connectivity index (χ1v) is 7.60. The number of nitrogens with one attached hydrogen (secondary N) is 1. The Morgan fingerprint density at radius 1 is 1.55 bits per heavy atom. The fraction of sp³-hybridized carbons (Fsp3) is 0.417. The molecule has 0 spiro atoms. The van der Waals surface area contributed by atoms with Crippen LogP contribution in [0.4, 0.5) is 11.6 Å². The predicted octanol–water partition coefficient (Wildman–Crippen LogP) is 1.60. The fourth-order valence-electron chi connectivity index (χ4n) is 1.69. The zero-order chi connectivity index (χ0) is 16.9. The number of nitrogen functional groups attached to an aromatic ring is 1. The molecule has 8 nitrogen and oxygen atoms in total. The maximum atomic E-state index is 12.0. The minimum absolute atomic E-state index is 0.0641. The Morgan fingerprint density at radius 3 is 2.73 bits per heavy atom. The minimum atomic E-state index is -0.753. The molecule has 1 heterocycles. The largest absolute Gasteiger partial charge is 0.382 e. The lowest BCUT2D eigenvalue weighted by Gasteiger charge is -2.21. The van der Waals surface area contributed by atoms with Crippen molar-refractivity contribution in [2.24, 2.45) is 16.6 Å². The smallest absolute Gasteiger partial charge is 0.301 e. The lowest BCUT2D eigenvalue weighted by molar-refractivity contribution is 0.0999. The fourth-order valence-corrected chi connectivity index (χ4v) is 2.22. The van der Waals surface area contributed by atoms with E-state index in [0.29, 0.717) is 18.3 Å². The van der Waals surface area contributed by atoms with E-state index < -0.39 is 5.91 Å². The van der Waals surface area contributed by atoms with E-state index in [1.807, 2.05) is 11.9 Å². The van der Waals surface area contributed by atoms with Gasteiger partial charge in [0, 0.05) is 13.6 Å². The molecule has 0 atom stereocenters. The first kappa shape index (κ1) is 18.2. The van der Waals surface area contributed by atoms with Gasteiger partial charge in [-0.2, -0.15) is 4.99 Å². The highest BCUT2D eigenvalue weighted by molar-refractivity contribution is 8.24. The Balaban J connectivity index is 3.11. The second-order valence-electron chi connectivity index (χ2n) is 4.84. The Kier molecular flexibility index (Phi) is 6.57. The highest BCUT2D eigenvalue weighted by Gasteiger charge is 2.19. The van der Waals surface area contributed by atoms with E-state index in [-0.39, 0.29) is 21.8 Å². The summed E-state index contributed by atoms with van der Waals surface area (Å²) < 4.78 is 0. The van der Waals surface area contributed by atoms with Crippen molar-refractivity contribution in [2.75, 3.05) is 24.2 Å². The first-order valence-electron chi connectivity index (χ1n) is 6.34. The molecular weight excluding hydrogens is 326 g/mol. The van der Waals surface area contributed by atoms with E-state index in [0.717, 1.165) is 17.3 Å². The number of nitrogens with two attached hydrogens (primary N) is 2. The summed E-state index contributed by atoms with van der Waals surface area (Å²) in [6.07, 6.45) is 0. The Labute approximate surface area is 137 Å². The van der Waals surface area contributed by atoms with Crippen molar-refractivity contribution in [1.82, 2.24) is 9.97 Å². The Hall–Kier alpha value is -1.87. The molecule has 0 saturated heterocycles. The molecule has 10 heteroatoms. The normalized spacial score (nSPS) is 11.6. The molecule has 0 aliphatic carbocycles. The van der Waals surface area contributed by atoms with Gasteiger partial charge in [-0.3, -0.25) is 4.79 Å². The van der Waals surface area contributed by atoms with E-state index in [4.69, 9.17) is 28.5 Å². The van der Waals surface area contributed by atoms with Gasteiger partial charge < -0.3 is 21.8 Å². The number of nitrogens with zero attached hydrogens (tertiary/aromatic N) is 4. The maximum absolute atomic E-state index is 12.0. The molecule has 0 fully saturated rings. The van der Waals surface area contributed by atoms with Gasteiger partial charge in [-0.1, -0.05) is 25.4 Å². The maximum Gasteiger partial charge on any atom is 0.301 e. The molecule has 22 heavy (non-hydrogen) atoms. The van der Waals surface area contributed by atoms with E-state index >= 15 is 0 Å². The van der Waals surface area contributed by atoms with Crippen LogP contribution in [-0.2, 0) is 0 Å². The quantitative estimate of drug-likeness (QED) is 0.545. The molecule has 0 aromatic carbocycles. The summed E-state index contributed by atoms with van der Waals surface area (Å²) in [5, 5.41) is 6.86. The minimum Gasteiger partial charge on any atom is -0.382 e. The predicted molar refractivity (Wildman–Crippen MR) is 91.9 cm³/mol. The molecule has 1 aromatic heterocycles. The average Bonchev–Trinajstić information content (AvgIpc) is 2.40. The zero-order valence-electron chi connectivity index (χ0n) is 12.5. The van der Waals surface area contributed by atoms with Crippen molar-refractivity contribution in [3.05, 3.63) is 10.8 Å². The standard InChI is InChI=1S/C12H18ClN7OS/c1-6(2)4-20(3)10-8(13)17-7(9(15)18-10)11(21)19-12(16)22-5-14/h5-6,14H,4H2,1-3H3,(H2,15,18)(H2,16,19,21). The van der Waals surface area contributed by atoms with Crippen molar-refractivity contribution in [3.63, 3.8) is 0 Å². The molecule has 0 radical (unpaired) electrons. The van der Waals surface area contributed by atoms with E-state index in [1.54, 1.807) is 0 Å². The number of carbonyl (C=O) groups excluding carboxylic acids is 1. The number of aromatic nitrogens is 2. The molecule has 1 rings (SSSR count). The summed E-state index contributed by atoms with van der Waals surface area (Å²) in [5.74, 6) is -0.0311. The number of anilines is 2. The molecule has 5 N–H and O–H groups in total. The van der Waals surface area contributed by atoms with Crippen LogP contribution in [0.1, 0.15) is 24.3 Å². The van der Waals surface area contributed by atoms with Crippen LogP contribution in [0.3, 0.4) is 0 Å². The van der Waals surface area contributed by atoms with Crippen LogP contribution in [0.5, 0.6) is 0 Å². The number of aliphatic imine (C=N–C) groups is 1. The first-order chi connectivity index (χ1) is 10.3. The summed E-state index contributed by atoms with van der Waals surface area (Å²) in [4.78, 5) is 25.4. The Bertz CT molecular complexity index is 605. The van der Waals surface area contributed by atoms with E-state index in [1.165, 1.54) is 0 Å².